The van der Waals surface area contributed by atoms with E-state index >= 15 is 0 Å². The number of hydrogen-bond acceptors (Lipinski definition) is 3. The molecule has 0 spiro atoms. The molecule has 0 amide bonds. The van der Waals surface area contributed by atoms with Crippen LogP contribution in [0.1, 0.15) is 5.56 Å². The Balaban J connectivity index is 2.24. The van der Waals surface area contributed by atoms with Gasteiger partial charge in [-0.25, -0.2) is 0 Å². The summed E-state index contributed by atoms with van der Waals surface area (Å²) in [5.74, 6) is 1.85. The lowest BCUT2D eigenvalue weighted by Gasteiger charge is -2.25. The summed E-state index contributed by atoms with van der Waals surface area (Å²) in [5.41, 5.74) is 2.84. The lowest BCUT2D eigenvalue weighted by Crippen LogP contribution is -2.28. The predicted octanol–water partition coefficient (Wildman–Crippen LogP) is 5.49. The maximum Gasteiger partial charge on any atom is 0.142 e. The second kappa shape index (κ2) is 9.92. The predicted molar refractivity (Wildman–Crippen MR) is 108 cm³/mol. The molecule has 0 saturated carbocycles. The van der Waals surface area contributed by atoms with E-state index in [1.54, 1.807) is 7.11 Å². The van der Waals surface area contributed by atoms with E-state index in [-0.39, 0.29) is 0 Å². The van der Waals surface area contributed by atoms with Crippen molar-refractivity contribution in [1.29, 1.82) is 0 Å². The number of ether oxygens (including phenoxy) is 1. The minimum Gasteiger partial charge on any atom is -0.495 e. The van der Waals surface area contributed by atoms with E-state index in [1.807, 2.05) is 48.7 Å². The van der Waals surface area contributed by atoms with Gasteiger partial charge in [0, 0.05) is 35.5 Å². The molecule has 0 aliphatic carbocycles. The number of methoxy groups -OCH3 is 1. The fourth-order valence-electron chi connectivity index (χ4n) is 2.30. The fourth-order valence-corrected chi connectivity index (χ4v) is 3.09. The molecule has 2 aromatic rings. The van der Waals surface area contributed by atoms with Crippen molar-refractivity contribution in [1.82, 2.24) is 0 Å². The zero-order valence-corrected chi connectivity index (χ0v) is 16.5. The Hall–Kier alpha value is -1.23. The molecule has 0 fully saturated rings. The summed E-state index contributed by atoms with van der Waals surface area (Å²) in [4.78, 5) is 6.61. The number of rotatable bonds is 8. The highest BCUT2D eigenvalue weighted by Crippen LogP contribution is 2.29. The molecule has 0 heterocycles. The Labute approximate surface area is 161 Å². The highest BCUT2D eigenvalue weighted by atomic mass is 79.9. The monoisotopic (exact) mass is 428 g/mol. The van der Waals surface area contributed by atoms with Crippen LogP contribution in [-0.2, 0) is 0 Å². The van der Waals surface area contributed by atoms with Crippen molar-refractivity contribution in [3.63, 3.8) is 0 Å². The average molecular weight is 430 g/mol. The maximum atomic E-state index is 5.89. The first-order valence-corrected chi connectivity index (χ1v) is 9.38. The second-order valence-electron chi connectivity index (χ2n) is 5.03. The quantitative estimate of drug-likeness (QED) is 0.409. The highest BCUT2D eigenvalue weighted by Gasteiger charge is 2.11. The Morgan fingerprint density at radius 3 is 2.50 bits per heavy atom. The maximum absolute atomic E-state index is 5.89. The van der Waals surface area contributed by atoms with Crippen molar-refractivity contribution < 1.29 is 4.74 Å². The third kappa shape index (κ3) is 5.40. The van der Waals surface area contributed by atoms with Crippen molar-refractivity contribution in [3.05, 3.63) is 52.5 Å². The molecule has 0 bridgehead atoms. The van der Waals surface area contributed by atoms with Crippen LogP contribution in [0.25, 0.3) is 0 Å². The molecule has 6 heteroatoms. The zero-order chi connectivity index (χ0) is 17.4. The van der Waals surface area contributed by atoms with Crippen LogP contribution >= 0.6 is 39.1 Å². The fraction of sp³-hybridized carbons (Fsp3) is 0.278. The van der Waals surface area contributed by atoms with E-state index in [0.717, 1.165) is 40.2 Å². The third-order valence-corrected chi connectivity index (χ3v) is 4.26. The van der Waals surface area contributed by atoms with Gasteiger partial charge in [0.05, 0.1) is 18.5 Å². The number of benzene rings is 2. The zero-order valence-electron chi connectivity index (χ0n) is 13.4. The molecule has 0 aliphatic heterocycles. The SMILES string of the molecule is COc1cc(C=Nc2cccc(Br)c2)ccc1N(CCCl)CCCl. The van der Waals surface area contributed by atoms with Gasteiger partial charge >= 0.3 is 0 Å². The minimum absolute atomic E-state index is 0.534. The number of aliphatic imine (C=N–C) groups is 1. The Morgan fingerprint density at radius 2 is 1.88 bits per heavy atom. The van der Waals surface area contributed by atoms with E-state index in [1.165, 1.54) is 0 Å². The first-order chi connectivity index (χ1) is 11.7. The van der Waals surface area contributed by atoms with E-state index in [9.17, 15) is 0 Å². The second-order valence-corrected chi connectivity index (χ2v) is 6.71. The molecule has 0 unspecified atom stereocenters. The molecule has 128 valence electrons. The third-order valence-electron chi connectivity index (χ3n) is 3.42. The minimum atomic E-state index is 0.534. The van der Waals surface area contributed by atoms with Crippen molar-refractivity contribution in [2.45, 2.75) is 0 Å². The summed E-state index contributed by atoms with van der Waals surface area (Å²) in [5, 5.41) is 0. The Morgan fingerprint density at radius 1 is 1.12 bits per heavy atom. The van der Waals surface area contributed by atoms with Crippen LogP contribution in [0.3, 0.4) is 0 Å². The molecule has 0 aromatic heterocycles. The van der Waals surface area contributed by atoms with Crippen molar-refractivity contribution >= 4 is 56.7 Å². The Bertz CT molecular complexity index is 688. The number of alkyl halides is 2. The molecule has 3 nitrogen and oxygen atoms in total. The normalized spacial score (nSPS) is 11.0. The summed E-state index contributed by atoms with van der Waals surface area (Å²) in [6.45, 7) is 1.44. The van der Waals surface area contributed by atoms with Crippen molar-refractivity contribution in [2.24, 2.45) is 4.99 Å². The molecule has 0 aliphatic rings. The van der Waals surface area contributed by atoms with Gasteiger partial charge in [0.15, 0.2) is 0 Å². The number of hydrogen-bond donors (Lipinski definition) is 0. The van der Waals surface area contributed by atoms with E-state index in [0.29, 0.717) is 11.8 Å². The molecule has 0 atom stereocenters. The van der Waals surface area contributed by atoms with Gasteiger partial charge in [-0.15, -0.1) is 23.2 Å². The molecular weight excluding hydrogens is 411 g/mol. The summed E-state index contributed by atoms with van der Waals surface area (Å²) in [7, 11) is 1.66. The highest BCUT2D eigenvalue weighted by molar-refractivity contribution is 9.10. The smallest absolute Gasteiger partial charge is 0.142 e. The average Bonchev–Trinajstić information content (AvgIpc) is 2.59. The van der Waals surface area contributed by atoms with E-state index in [2.05, 4.69) is 25.8 Å². The van der Waals surface area contributed by atoms with E-state index < -0.39 is 0 Å². The van der Waals surface area contributed by atoms with Gasteiger partial charge in [0.2, 0.25) is 0 Å². The summed E-state index contributed by atoms with van der Waals surface area (Å²) in [6.07, 6.45) is 1.82. The molecule has 2 aromatic carbocycles. The first-order valence-electron chi connectivity index (χ1n) is 7.52. The van der Waals surface area contributed by atoms with Crippen LogP contribution in [0.15, 0.2) is 51.9 Å². The molecule has 0 saturated heterocycles. The summed E-state index contributed by atoms with van der Waals surface area (Å²) >= 11 is 15.2. The van der Waals surface area contributed by atoms with Gasteiger partial charge in [0.25, 0.3) is 0 Å². The summed E-state index contributed by atoms with van der Waals surface area (Å²) in [6, 6.07) is 13.8. The van der Waals surface area contributed by atoms with Gasteiger partial charge in [-0.1, -0.05) is 28.1 Å². The van der Waals surface area contributed by atoms with Gasteiger partial charge in [-0.3, -0.25) is 4.99 Å². The van der Waals surface area contributed by atoms with Crippen LogP contribution in [-0.4, -0.2) is 38.2 Å². The number of anilines is 1. The molecule has 24 heavy (non-hydrogen) atoms. The van der Waals surface area contributed by atoms with Crippen LogP contribution in [0.2, 0.25) is 0 Å². The van der Waals surface area contributed by atoms with Gasteiger partial charge in [-0.2, -0.15) is 0 Å². The summed E-state index contributed by atoms with van der Waals surface area (Å²) < 4.78 is 6.54. The van der Waals surface area contributed by atoms with Gasteiger partial charge in [0.1, 0.15) is 5.75 Å². The lowest BCUT2D eigenvalue weighted by atomic mass is 10.2. The molecule has 0 N–H and O–H groups in total. The topological polar surface area (TPSA) is 24.8 Å². The van der Waals surface area contributed by atoms with Crippen LogP contribution in [0.5, 0.6) is 5.75 Å². The molecule has 0 radical (unpaired) electrons. The van der Waals surface area contributed by atoms with Gasteiger partial charge < -0.3 is 9.64 Å². The van der Waals surface area contributed by atoms with Crippen LogP contribution in [0, 0.1) is 0 Å². The van der Waals surface area contributed by atoms with Gasteiger partial charge in [-0.05, 0) is 35.9 Å². The lowest BCUT2D eigenvalue weighted by molar-refractivity contribution is 0.414. The van der Waals surface area contributed by atoms with E-state index in [4.69, 9.17) is 27.9 Å². The first kappa shape index (κ1) is 19.1. The largest absolute Gasteiger partial charge is 0.495 e. The standard InChI is InChI=1S/C18H19BrCl2N2O/c1-24-18-11-14(13-22-16-4-2-3-15(19)12-16)5-6-17(18)23(9-7-20)10-8-21/h2-6,11-13H,7-10H2,1H3. The van der Waals surface area contributed by atoms with Crippen LogP contribution in [0.4, 0.5) is 11.4 Å². The number of nitrogens with zero attached hydrogens (tertiary/aromatic N) is 2. The number of halogens is 3. The van der Waals surface area contributed by atoms with Crippen molar-refractivity contribution in [2.75, 3.05) is 36.9 Å². The molecular formula is C18H19BrCl2N2O. The Kier molecular flexibility index (Phi) is 7.89. The molecule has 2 rings (SSSR count). The van der Waals surface area contributed by atoms with Crippen molar-refractivity contribution in [3.8, 4) is 5.75 Å². The van der Waals surface area contributed by atoms with Crippen LogP contribution < -0.4 is 9.64 Å².